The molecule has 1 unspecified atom stereocenters. The molecule has 6 nitrogen and oxygen atoms in total. The van der Waals surface area contributed by atoms with Gasteiger partial charge in [0.15, 0.2) is 0 Å². The molecule has 2 aromatic rings. The summed E-state index contributed by atoms with van der Waals surface area (Å²) in [5.41, 5.74) is 4.85. The number of esters is 2. The van der Waals surface area contributed by atoms with Gasteiger partial charge in [-0.2, -0.15) is 11.8 Å². The Morgan fingerprint density at radius 1 is 0.680 bits per heavy atom. The average molecular weight is 713 g/mol. The first-order valence-corrected chi connectivity index (χ1v) is 20.3. The smallest absolute Gasteiger partial charge is 0.306 e. The summed E-state index contributed by atoms with van der Waals surface area (Å²) < 4.78 is 11.6. The first-order valence-electron chi connectivity index (χ1n) is 19.1. The molecule has 0 aromatic heterocycles. The van der Waals surface area contributed by atoms with Crippen molar-refractivity contribution in [3.63, 3.8) is 0 Å². The molecule has 0 amide bonds. The van der Waals surface area contributed by atoms with Gasteiger partial charge >= 0.3 is 11.9 Å². The Bertz CT molecular complexity index is 1340. The fraction of sp³-hybridized carbons (Fsp3) is 0.674. The first kappa shape index (κ1) is 43.5. The highest BCUT2D eigenvalue weighted by Gasteiger charge is 2.23. The van der Waals surface area contributed by atoms with Crippen LogP contribution in [0.2, 0.25) is 0 Å². The van der Waals surface area contributed by atoms with Gasteiger partial charge in [-0.3, -0.25) is 9.59 Å². The zero-order chi connectivity index (χ0) is 37.3. The number of rotatable bonds is 22. The van der Waals surface area contributed by atoms with E-state index in [1.165, 1.54) is 57.8 Å². The van der Waals surface area contributed by atoms with Crippen LogP contribution in [0.1, 0.15) is 159 Å². The van der Waals surface area contributed by atoms with Crippen LogP contribution in [0.5, 0.6) is 11.5 Å². The summed E-state index contributed by atoms with van der Waals surface area (Å²) >= 11 is 1.75. The van der Waals surface area contributed by atoms with Crippen LogP contribution in [0, 0.1) is 13.8 Å². The zero-order valence-corrected chi connectivity index (χ0v) is 33.7. The van der Waals surface area contributed by atoms with Crippen molar-refractivity contribution in [2.45, 2.75) is 169 Å². The van der Waals surface area contributed by atoms with Crippen LogP contribution in [-0.2, 0) is 42.7 Å². The summed E-state index contributed by atoms with van der Waals surface area (Å²) in [6, 6.07) is 7.81. The van der Waals surface area contributed by atoms with Crippen molar-refractivity contribution >= 4 is 23.7 Å². The second-order valence-corrected chi connectivity index (χ2v) is 17.3. The molecule has 0 aliphatic heterocycles. The van der Waals surface area contributed by atoms with Crippen LogP contribution in [0.3, 0.4) is 0 Å². The van der Waals surface area contributed by atoms with E-state index in [2.05, 4.69) is 48.5 Å². The number of carbonyl (C=O) groups excluding carboxylic acids is 2. The minimum Gasteiger partial charge on any atom is -0.507 e. The summed E-state index contributed by atoms with van der Waals surface area (Å²) in [5, 5.41) is 21.2. The van der Waals surface area contributed by atoms with Crippen LogP contribution in [0.4, 0.5) is 0 Å². The minimum atomic E-state index is -0.519. The highest BCUT2D eigenvalue weighted by molar-refractivity contribution is 7.99. The monoisotopic (exact) mass is 712 g/mol. The lowest BCUT2D eigenvalue weighted by atomic mass is 9.83. The Labute approximate surface area is 308 Å². The maximum Gasteiger partial charge on any atom is 0.306 e. The number of benzene rings is 2. The van der Waals surface area contributed by atoms with Crippen molar-refractivity contribution in [1.29, 1.82) is 0 Å². The molecule has 1 atom stereocenters. The van der Waals surface area contributed by atoms with Crippen LogP contribution < -0.4 is 0 Å². The summed E-state index contributed by atoms with van der Waals surface area (Å²) in [6.45, 7) is 18.4. The maximum absolute atomic E-state index is 13.1. The van der Waals surface area contributed by atoms with Gasteiger partial charge < -0.3 is 19.7 Å². The number of hydrogen-bond donors (Lipinski definition) is 2. The topological polar surface area (TPSA) is 93.1 Å². The third-order valence-electron chi connectivity index (χ3n) is 9.25. The number of hydrogen-bond acceptors (Lipinski definition) is 7. The molecule has 50 heavy (non-hydrogen) atoms. The number of unbranched alkanes of at least 4 members (excludes halogenated alkanes) is 9. The molecular formula is C43H68O6S. The van der Waals surface area contributed by atoms with Crippen LogP contribution in [0.25, 0.3) is 0 Å². The van der Waals surface area contributed by atoms with Crippen molar-refractivity contribution in [2.24, 2.45) is 0 Å². The molecule has 2 aromatic carbocycles. The number of ether oxygens (including phenoxy) is 2. The third kappa shape index (κ3) is 16.1. The lowest BCUT2D eigenvalue weighted by Gasteiger charge is -2.23. The van der Waals surface area contributed by atoms with Crippen LogP contribution >= 0.6 is 11.8 Å². The second-order valence-electron chi connectivity index (χ2n) is 16.2. The molecule has 0 heterocycles. The molecule has 0 saturated carbocycles. The Morgan fingerprint density at radius 3 is 1.58 bits per heavy atom. The number of carbonyl (C=O) groups is 2. The molecule has 7 heteroatoms. The van der Waals surface area contributed by atoms with E-state index >= 15 is 0 Å². The highest BCUT2D eigenvalue weighted by Crippen LogP contribution is 2.35. The zero-order valence-electron chi connectivity index (χ0n) is 32.8. The third-order valence-corrected chi connectivity index (χ3v) is 10.4. The van der Waals surface area contributed by atoms with Crippen molar-refractivity contribution < 1.29 is 29.3 Å². The SMILES string of the molecule is CCCCCCCCCCCCSCC(COC(=O)CCc1cc(C)c(O)c(C(C)(C)C)c1)OC(=O)CCc1cc(C)c(O)c(C(C)(C)C)c1. The van der Waals surface area contributed by atoms with E-state index < -0.39 is 6.10 Å². The van der Waals surface area contributed by atoms with Crippen LogP contribution in [0.15, 0.2) is 24.3 Å². The molecule has 0 saturated heterocycles. The number of phenolic OH excluding ortho intramolecular Hbond substituents is 2. The molecule has 0 aliphatic carbocycles. The van der Waals surface area contributed by atoms with Gasteiger partial charge in [0.1, 0.15) is 24.2 Å². The molecule has 0 fully saturated rings. The minimum absolute atomic E-state index is 0.0317. The Hall–Kier alpha value is -2.67. The predicted molar refractivity (Wildman–Crippen MR) is 210 cm³/mol. The van der Waals surface area contributed by atoms with E-state index in [4.69, 9.17) is 9.47 Å². The summed E-state index contributed by atoms with van der Waals surface area (Å²) in [5.74, 6) is 1.52. The summed E-state index contributed by atoms with van der Waals surface area (Å²) in [7, 11) is 0. The molecule has 2 rings (SSSR count). The van der Waals surface area contributed by atoms with E-state index in [0.717, 1.165) is 45.6 Å². The van der Waals surface area contributed by atoms with E-state index in [-0.39, 0.29) is 42.2 Å². The number of aryl methyl sites for hydroxylation is 4. The van der Waals surface area contributed by atoms with Gasteiger partial charge in [-0.05, 0) is 83.1 Å². The lowest BCUT2D eigenvalue weighted by Crippen LogP contribution is -2.28. The van der Waals surface area contributed by atoms with Gasteiger partial charge in [-0.15, -0.1) is 0 Å². The molecule has 0 aliphatic rings. The Morgan fingerprint density at radius 2 is 1.12 bits per heavy atom. The fourth-order valence-corrected chi connectivity index (χ4v) is 7.16. The van der Waals surface area contributed by atoms with Crippen molar-refractivity contribution in [3.8, 4) is 11.5 Å². The fourth-order valence-electron chi connectivity index (χ4n) is 6.16. The Balaban J connectivity index is 1.93. The highest BCUT2D eigenvalue weighted by atomic mass is 32.2. The largest absolute Gasteiger partial charge is 0.507 e. The number of phenols is 2. The molecule has 0 bridgehead atoms. The van der Waals surface area contributed by atoms with Crippen LogP contribution in [-0.4, -0.2) is 46.4 Å². The molecule has 282 valence electrons. The number of aromatic hydroxyl groups is 2. The molecule has 0 radical (unpaired) electrons. The van der Waals surface area contributed by atoms with Crippen molar-refractivity contribution in [3.05, 3.63) is 57.6 Å². The predicted octanol–water partition coefficient (Wildman–Crippen LogP) is 11.0. The second kappa shape index (κ2) is 21.6. The van der Waals surface area contributed by atoms with Gasteiger partial charge in [0.25, 0.3) is 0 Å². The average Bonchev–Trinajstić information content (AvgIpc) is 3.03. The molecular weight excluding hydrogens is 645 g/mol. The standard InChI is InChI=1S/C43H68O6S/c1-10-11-12-13-14-15-16-17-18-19-24-50-30-35(49-39(45)23-21-34-26-32(3)41(47)37(28-34)43(7,8)9)29-48-38(44)22-20-33-25-31(2)40(46)36(27-33)42(4,5)6/h25-28,35,46-47H,10-24,29-30H2,1-9H3. The normalized spacial score (nSPS) is 12.6. The quantitative estimate of drug-likeness (QED) is 0.0927. The van der Waals surface area contributed by atoms with Gasteiger partial charge in [-0.25, -0.2) is 0 Å². The van der Waals surface area contributed by atoms with Crippen molar-refractivity contribution in [2.75, 3.05) is 18.1 Å². The van der Waals surface area contributed by atoms with Crippen molar-refractivity contribution in [1.82, 2.24) is 0 Å². The van der Waals surface area contributed by atoms with E-state index in [9.17, 15) is 19.8 Å². The summed E-state index contributed by atoms with van der Waals surface area (Å²) in [6.07, 6.45) is 13.8. The van der Waals surface area contributed by atoms with Gasteiger partial charge in [0, 0.05) is 18.6 Å². The summed E-state index contributed by atoms with van der Waals surface area (Å²) in [4.78, 5) is 25.9. The van der Waals surface area contributed by atoms with Gasteiger partial charge in [0.05, 0.1) is 0 Å². The number of thioether (sulfide) groups is 1. The first-order chi connectivity index (χ1) is 23.5. The van der Waals surface area contributed by atoms with Gasteiger partial charge in [-0.1, -0.05) is 131 Å². The van der Waals surface area contributed by atoms with E-state index in [1.807, 2.05) is 38.1 Å². The van der Waals surface area contributed by atoms with Gasteiger partial charge in [0.2, 0.25) is 0 Å². The molecule has 2 N–H and O–H groups in total. The van der Waals surface area contributed by atoms with E-state index in [0.29, 0.717) is 30.1 Å². The Kier molecular flexibility index (Phi) is 18.8. The lowest BCUT2D eigenvalue weighted by molar-refractivity contribution is -0.157. The maximum atomic E-state index is 13.1. The molecule has 0 spiro atoms. The van der Waals surface area contributed by atoms with E-state index in [1.54, 1.807) is 11.8 Å².